The van der Waals surface area contributed by atoms with Crippen molar-refractivity contribution in [1.82, 2.24) is 0 Å². The Bertz CT molecular complexity index is 505. The van der Waals surface area contributed by atoms with Crippen LogP contribution in [0.3, 0.4) is 0 Å². The average Bonchev–Trinajstić information content (AvgIpc) is 2.45. The molecule has 0 unspecified atom stereocenters. The Kier molecular flexibility index (Phi) is 6.77. The summed E-state index contributed by atoms with van der Waals surface area (Å²) in [6.45, 7) is 0. The van der Waals surface area contributed by atoms with Gasteiger partial charge in [-0.1, -0.05) is 48.5 Å². The van der Waals surface area contributed by atoms with Crippen LogP contribution in [-0.4, -0.2) is 5.78 Å². The second kappa shape index (κ2) is 8.39. The largest absolute Gasteiger partial charge is 0.319 e. The summed E-state index contributed by atoms with van der Waals surface area (Å²) in [6.07, 6.45) is 7.72. The monoisotopic (exact) mass is 428 g/mol. The smallest absolute Gasteiger partial charge is 0.0684 e. The van der Waals surface area contributed by atoms with Gasteiger partial charge in [-0.3, -0.25) is 0 Å². The van der Waals surface area contributed by atoms with Crippen molar-refractivity contribution in [2.45, 2.75) is 0 Å². The summed E-state index contributed by atoms with van der Waals surface area (Å²) in [7, 11) is 0. The molecule has 0 spiro atoms. The van der Waals surface area contributed by atoms with E-state index in [1.165, 1.54) is 6.08 Å². The van der Waals surface area contributed by atoms with Crippen LogP contribution in [-0.2, 0) is 25.9 Å². The van der Waals surface area contributed by atoms with E-state index in [9.17, 15) is 4.79 Å². The van der Waals surface area contributed by atoms with Crippen molar-refractivity contribution < 1.29 is 25.9 Å². The molecule has 0 aliphatic carbocycles. The predicted octanol–water partition coefficient (Wildman–Crippen LogP) is 3.78. The third-order valence-electron chi connectivity index (χ3n) is 2.41. The molecular weight excluding hydrogens is 415 g/mol. The number of carbonyl (C=O) groups excluding carboxylic acids is 1. The van der Waals surface area contributed by atoms with Crippen LogP contribution in [0.1, 0.15) is 11.1 Å². The summed E-state index contributed by atoms with van der Waals surface area (Å²) < 4.78 is 0. The second-order valence-corrected chi connectivity index (χ2v) is 3.81. The SMILES string of the molecule is O=C([C-]=Cc1ccccc1)C=Cc1ccccc1.[Pt]. The van der Waals surface area contributed by atoms with Crippen LogP contribution in [0.15, 0.2) is 66.7 Å². The first-order valence-electron chi connectivity index (χ1n) is 5.76. The van der Waals surface area contributed by atoms with Gasteiger partial charge in [0.15, 0.2) is 0 Å². The quantitative estimate of drug-likeness (QED) is 0.535. The number of hydrogen-bond donors (Lipinski definition) is 0. The van der Waals surface area contributed by atoms with Gasteiger partial charge in [0.05, 0.1) is 5.78 Å². The summed E-state index contributed by atoms with van der Waals surface area (Å²) in [5.41, 5.74) is 1.98. The molecule has 0 bridgehead atoms. The van der Waals surface area contributed by atoms with Crippen LogP contribution in [0.4, 0.5) is 0 Å². The first kappa shape index (κ1) is 15.3. The summed E-state index contributed by atoms with van der Waals surface area (Å²) in [4.78, 5) is 11.6. The van der Waals surface area contributed by atoms with Crippen LogP contribution in [0, 0.1) is 6.08 Å². The fraction of sp³-hybridized carbons (Fsp3) is 0. The predicted molar refractivity (Wildman–Crippen MR) is 74.6 cm³/mol. The third kappa shape index (κ3) is 5.63. The maximum atomic E-state index is 11.6. The molecule has 0 fully saturated rings. The van der Waals surface area contributed by atoms with E-state index in [1.54, 1.807) is 12.2 Å². The Balaban J connectivity index is 0.00000180. The van der Waals surface area contributed by atoms with Gasteiger partial charge in [-0.25, -0.2) is 0 Å². The summed E-state index contributed by atoms with van der Waals surface area (Å²) in [5.74, 6) is -0.136. The molecule has 0 N–H and O–H groups in total. The Morgan fingerprint density at radius 2 is 1.37 bits per heavy atom. The van der Waals surface area contributed by atoms with E-state index in [2.05, 4.69) is 6.08 Å². The van der Waals surface area contributed by atoms with E-state index in [-0.39, 0.29) is 26.8 Å². The molecule has 2 rings (SSSR count). The Hall–Kier alpha value is -1.72. The van der Waals surface area contributed by atoms with Crippen molar-refractivity contribution in [3.8, 4) is 0 Å². The molecule has 0 heterocycles. The fourth-order valence-electron chi connectivity index (χ4n) is 1.49. The van der Waals surface area contributed by atoms with Crippen LogP contribution in [0.5, 0.6) is 0 Å². The van der Waals surface area contributed by atoms with Gasteiger partial charge in [0, 0.05) is 21.1 Å². The molecule has 0 amide bonds. The van der Waals surface area contributed by atoms with Gasteiger partial charge in [0.2, 0.25) is 0 Å². The van der Waals surface area contributed by atoms with Crippen molar-refractivity contribution in [2.24, 2.45) is 0 Å². The van der Waals surface area contributed by atoms with E-state index in [0.29, 0.717) is 0 Å². The van der Waals surface area contributed by atoms with E-state index in [0.717, 1.165) is 11.1 Å². The van der Waals surface area contributed by atoms with Gasteiger partial charge < -0.3 is 4.79 Å². The van der Waals surface area contributed by atoms with Gasteiger partial charge >= 0.3 is 0 Å². The number of hydrogen-bond acceptors (Lipinski definition) is 1. The molecule has 2 aromatic carbocycles. The molecule has 2 aromatic rings. The Labute approximate surface area is 127 Å². The average molecular weight is 428 g/mol. The number of allylic oxidation sites excluding steroid dienone is 2. The van der Waals surface area contributed by atoms with Gasteiger partial charge in [-0.05, 0) is 5.56 Å². The molecule has 0 aliphatic heterocycles. The molecule has 0 aromatic heterocycles. The molecular formula is C17H13OPt-. The maximum absolute atomic E-state index is 11.6. The second-order valence-electron chi connectivity index (χ2n) is 3.81. The summed E-state index contributed by atoms with van der Waals surface area (Å²) in [6, 6.07) is 19.4. The molecule has 0 aliphatic rings. The summed E-state index contributed by atoms with van der Waals surface area (Å²) in [5, 5.41) is 0. The zero-order valence-corrected chi connectivity index (χ0v) is 12.5. The molecule has 19 heavy (non-hydrogen) atoms. The minimum Gasteiger partial charge on any atom is -0.319 e. The van der Waals surface area contributed by atoms with Gasteiger partial charge in [0.25, 0.3) is 0 Å². The fourth-order valence-corrected chi connectivity index (χ4v) is 1.49. The number of rotatable bonds is 4. The normalized spacial score (nSPS) is 10.5. The van der Waals surface area contributed by atoms with Crippen LogP contribution < -0.4 is 0 Å². The topological polar surface area (TPSA) is 17.1 Å². The standard InChI is InChI=1S/C17H13O.Pt/c18-17(13-11-15-7-3-1-4-8-15)14-12-16-9-5-2-6-10-16;/h1-13H;/q-1;. The van der Waals surface area contributed by atoms with Gasteiger partial charge in [0.1, 0.15) is 0 Å². The molecule has 2 heteroatoms. The van der Waals surface area contributed by atoms with E-state index in [1.807, 2.05) is 60.7 Å². The molecule has 0 atom stereocenters. The zero-order valence-electron chi connectivity index (χ0n) is 10.2. The van der Waals surface area contributed by atoms with Crippen LogP contribution >= 0.6 is 0 Å². The van der Waals surface area contributed by atoms with Crippen molar-refractivity contribution in [3.63, 3.8) is 0 Å². The van der Waals surface area contributed by atoms with Crippen molar-refractivity contribution >= 4 is 17.9 Å². The number of ketones is 1. The first-order valence-corrected chi connectivity index (χ1v) is 5.76. The van der Waals surface area contributed by atoms with Crippen molar-refractivity contribution in [3.05, 3.63) is 83.9 Å². The van der Waals surface area contributed by atoms with Gasteiger partial charge in [-0.2, -0.15) is 6.08 Å². The molecule has 0 saturated heterocycles. The third-order valence-corrected chi connectivity index (χ3v) is 2.41. The first-order chi connectivity index (χ1) is 8.84. The van der Waals surface area contributed by atoms with Crippen molar-refractivity contribution in [2.75, 3.05) is 0 Å². The zero-order chi connectivity index (χ0) is 12.6. The Morgan fingerprint density at radius 3 is 1.95 bits per heavy atom. The Morgan fingerprint density at radius 1 is 0.842 bits per heavy atom. The van der Waals surface area contributed by atoms with Gasteiger partial charge in [-0.15, -0.1) is 35.9 Å². The molecule has 0 saturated carbocycles. The minimum absolute atomic E-state index is 0. The maximum Gasteiger partial charge on any atom is 0.0684 e. The van der Waals surface area contributed by atoms with E-state index >= 15 is 0 Å². The number of carbonyl (C=O) groups is 1. The minimum atomic E-state index is -0.136. The van der Waals surface area contributed by atoms with E-state index in [4.69, 9.17) is 0 Å². The van der Waals surface area contributed by atoms with Crippen LogP contribution in [0.25, 0.3) is 12.2 Å². The van der Waals surface area contributed by atoms with Crippen molar-refractivity contribution in [1.29, 1.82) is 0 Å². The summed E-state index contributed by atoms with van der Waals surface area (Å²) >= 11 is 0. The molecule has 0 radical (unpaired) electrons. The van der Waals surface area contributed by atoms with E-state index < -0.39 is 0 Å². The molecule has 1 nitrogen and oxygen atoms in total. The molecule has 98 valence electrons. The number of benzene rings is 2. The van der Waals surface area contributed by atoms with Crippen LogP contribution in [0.2, 0.25) is 0 Å².